The molecule has 1 aromatic heterocycles. The van der Waals surface area contributed by atoms with Crippen LogP contribution in [0.4, 0.5) is 14.5 Å². The summed E-state index contributed by atoms with van der Waals surface area (Å²) in [6.07, 6.45) is 2.99. The van der Waals surface area contributed by atoms with E-state index >= 15 is 0 Å². The number of nitrogens with one attached hydrogen (secondary N) is 1. The van der Waals surface area contributed by atoms with Crippen molar-refractivity contribution in [2.45, 2.75) is 39.5 Å². The quantitative estimate of drug-likeness (QED) is 0.837. The van der Waals surface area contributed by atoms with Crippen LogP contribution in [0.5, 0.6) is 5.75 Å². The second-order valence-electron chi connectivity index (χ2n) is 4.80. The van der Waals surface area contributed by atoms with Crippen LogP contribution in [-0.4, -0.2) is 16.4 Å². The zero-order valence-corrected chi connectivity index (χ0v) is 12.1. The van der Waals surface area contributed by atoms with Crippen molar-refractivity contribution in [3.8, 4) is 5.75 Å². The molecule has 6 heteroatoms. The number of halogens is 2. The van der Waals surface area contributed by atoms with Crippen molar-refractivity contribution in [3.05, 3.63) is 42.2 Å². The summed E-state index contributed by atoms with van der Waals surface area (Å²) in [6, 6.07) is 8.75. The van der Waals surface area contributed by atoms with Gasteiger partial charge in [0.05, 0.1) is 12.2 Å². The smallest absolute Gasteiger partial charge is 0.387 e. The Morgan fingerprint density at radius 3 is 2.57 bits per heavy atom. The first-order valence-corrected chi connectivity index (χ1v) is 6.91. The van der Waals surface area contributed by atoms with E-state index in [9.17, 15) is 8.78 Å². The highest BCUT2D eigenvalue weighted by Gasteiger charge is 2.05. The van der Waals surface area contributed by atoms with Gasteiger partial charge in [-0.3, -0.25) is 4.68 Å². The summed E-state index contributed by atoms with van der Waals surface area (Å²) in [5, 5.41) is 7.68. The molecule has 0 bridgehead atoms. The van der Waals surface area contributed by atoms with Gasteiger partial charge in [0.25, 0.3) is 0 Å². The van der Waals surface area contributed by atoms with Crippen LogP contribution in [0.1, 0.15) is 32.0 Å². The molecule has 1 heterocycles. The first-order chi connectivity index (χ1) is 10.1. The Morgan fingerprint density at radius 2 is 1.95 bits per heavy atom. The van der Waals surface area contributed by atoms with Crippen LogP contribution in [-0.2, 0) is 6.54 Å². The lowest BCUT2D eigenvalue weighted by Crippen LogP contribution is -2.06. The minimum atomic E-state index is -2.80. The molecule has 1 atom stereocenters. The van der Waals surface area contributed by atoms with Crippen LogP contribution < -0.4 is 10.1 Å². The molecule has 0 aliphatic carbocycles. The van der Waals surface area contributed by atoms with E-state index in [2.05, 4.69) is 29.0 Å². The summed E-state index contributed by atoms with van der Waals surface area (Å²) in [6.45, 7) is 2.02. The fourth-order valence-corrected chi connectivity index (χ4v) is 1.85. The standard InChI is InChI=1S/C15H19F2N3O/c1-3-11(2)20-9-8-13(19-20)10-18-12-4-6-14(7-5-12)21-15(16)17/h4-9,11,15,18H,3,10H2,1-2H3. The van der Waals surface area contributed by atoms with Crippen molar-refractivity contribution >= 4 is 5.69 Å². The summed E-state index contributed by atoms with van der Waals surface area (Å²) in [4.78, 5) is 0. The normalized spacial score (nSPS) is 12.4. The summed E-state index contributed by atoms with van der Waals surface area (Å²) in [5.41, 5.74) is 1.76. The maximum atomic E-state index is 12.0. The molecule has 0 saturated carbocycles. The van der Waals surface area contributed by atoms with E-state index in [4.69, 9.17) is 0 Å². The van der Waals surface area contributed by atoms with Crippen LogP contribution >= 0.6 is 0 Å². The van der Waals surface area contributed by atoms with E-state index in [0.29, 0.717) is 12.6 Å². The average molecular weight is 295 g/mol. The Balaban J connectivity index is 1.89. The Kier molecular flexibility index (Phi) is 5.14. The predicted octanol–water partition coefficient (Wildman–Crippen LogP) is 4.07. The molecule has 1 N–H and O–H groups in total. The zero-order valence-electron chi connectivity index (χ0n) is 12.1. The molecule has 1 aromatic carbocycles. The van der Waals surface area contributed by atoms with Gasteiger partial charge in [-0.2, -0.15) is 13.9 Å². The number of nitrogens with zero attached hydrogens (tertiary/aromatic N) is 2. The van der Waals surface area contributed by atoms with Crippen LogP contribution in [0.15, 0.2) is 36.5 Å². The Bertz CT molecular complexity index is 554. The Hall–Kier alpha value is -2.11. The highest BCUT2D eigenvalue weighted by atomic mass is 19.3. The zero-order chi connectivity index (χ0) is 15.2. The first kappa shape index (κ1) is 15.3. The second kappa shape index (κ2) is 7.06. The number of hydrogen-bond acceptors (Lipinski definition) is 3. The fraction of sp³-hybridized carbons (Fsp3) is 0.400. The largest absolute Gasteiger partial charge is 0.435 e. The van der Waals surface area contributed by atoms with Gasteiger partial charge in [-0.25, -0.2) is 0 Å². The molecule has 0 radical (unpaired) electrons. The van der Waals surface area contributed by atoms with Gasteiger partial charge >= 0.3 is 6.61 Å². The van der Waals surface area contributed by atoms with Gasteiger partial charge in [-0.1, -0.05) is 6.92 Å². The van der Waals surface area contributed by atoms with Crippen molar-refractivity contribution in [1.29, 1.82) is 0 Å². The molecule has 2 rings (SSSR count). The van der Waals surface area contributed by atoms with Crippen LogP contribution in [0, 0.1) is 0 Å². The molecule has 0 amide bonds. The SMILES string of the molecule is CCC(C)n1ccc(CNc2ccc(OC(F)F)cc2)n1. The number of alkyl halides is 2. The van der Waals surface area contributed by atoms with Gasteiger partial charge in [0.2, 0.25) is 0 Å². The van der Waals surface area contributed by atoms with Crippen molar-refractivity contribution in [2.75, 3.05) is 5.32 Å². The third-order valence-electron chi connectivity index (χ3n) is 3.26. The molecule has 114 valence electrons. The van der Waals surface area contributed by atoms with E-state index in [1.54, 1.807) is 12.1 Å². The summed E-state index contributed by atoms with van der Waals surface area (Å²) in [5.74, 6) is 0.150. The lowest BCUT2D eigenvalue weighted by atomic mass is 10.3. The predicted molar refractivity (Wildman–Crippen MR) is 77.6 cm³/mol. The van der Waals surface area contributed by atoms with Gasteiger partial charge in [0.15, 0.2) is 0 Å². The van der Waals surface area contributed by atoms with Crippen molar-refractivity contribution < 1.29 is 13.5 Å². The number of rotatable bonds is 7. The van der Waals surface area contributed by atoms with Crippen molar-refractivity contribution in [3.63, 3.8) is 0 Å². The summed E-state index contributed by atoms with van der Waals surface area (Å²) < 4.78 is 30.3. The van der Waals surface area contributed by atoms with Crippen molar-refractivity contribution in [1.82, 2.24) is 9.78 Å². The molecular formula is C15H19F2N3O. The van der Waals surface area contributed by atoms with Gasteiger partial charge in [-0.15, -0.1) is 0 Å². The van der Waals surface area contributed by atoms with Gasteiger partial charge in [-0.05, 0) is 43.7 Å². The number of hydrogen-bond donors (Lipinski definition) is 1. The molecular weight excluding hydrogens is 276 g/mol. The summed E-state index contributed by atoms with van der Waals surface area (Å²) in [7, 11) is 0. The van der Waals surface area contributed by atoms with E-state index in [0.717, 1.165) is 17.8 Å². The minimum Gasteiger partial charge on any atom is -0.435 e. The third kappa shape index (κ3) is 4.44. The van der Waals surface area contributed by atoms with E-state index < -0.39 is 6.61 Å². The van der Waals surface area contributed by atoms with E-state index in [1.807, 2.05) is 16.9 Å². The molecule has 2 aromatic rings. The average Bonchev–Trinajstić information content (AvgIpc) is 2.94. The number of anilines is 1. The van der Waals surface area contributed by atoms with Crippen LogP contribution in [0.3, 0.4) is 0 Å². The molecule has 21 heavy (non-hydrogen) atoms. The molecule has 0 aliphatic rings. The molecule has 0 spiro atoms. The summed E-state index contributed by atoms with van der Waals surface area (Å²) >= 11 is 0. The van der Waals surface area contributed by atoms with E-state index in [-0.39, 0.29) is 5.75 Å². The molecule has 4 nitrogen and oxygen atoms in total. The molecule has 0 fully saturated rings. The fourth-order valence-electron chi connectivity index (χ4n) is 1.85. The second-order valence-corrected chi connectivity index (χ2v) is 4.80. The number of ether oxygens (including phenoxy) is 1. The van der Waals surface area contributed by atoms with Crippen molar-refractivity contribution in [2.24, 2.45) is 0 Å². The topological polar surface area (TPSA) is 39.1 Å². The lowest BCUT2D eigenvalue weighted by Gasteiger charge is -2.09. The molecule has 0 aliphatic heterocycles. The van der Waals surface area contributed by atoms with Crippen LogP contribution in [0.25, 0.3) is 0 Å². The molecule has 0 saturated heterocycles. The molecule has 1 unspecified atom stereocenters. The highest BCUT2D eigenvalue weighted by molar-refractivity contribution is 5.46. The minimum absolute atomic E-state index is 0.150. The van der Waals surface area contributed by atoms with Gasteiger partial charge in [0.1, 0.15) is 5.75 Å². The van der Waals surface area contributed by atoms with Gasteiger partial charge < -0.3 is 10.1 Å². The highest BCUT2D eigenvalue weighted by Crippen LogP contribution is 2.18. The van der Waals surface area contributed by atoms with Gasteiger partial charge in [0, 0.05) is 17.9 Å². The van der Waals surface area contributed by atoms with Crippen LogP contribution in [0.2, 0.25) is 0 Å². The maximum Gasteiger partial charge on any atom is 0.387 e. The lowest BCUT2D eigenvalue weighted by molar-refractivity contribution is -0.0498. The monoisotopic (exact) mass is 295 g/mol. The third-order valence-corrected chi connectivity index (χ3v) is 3.26. The Labute approximate surface area is 122 Å². The maximum absolute atomic E-state index is 12.0. The Morgan fingerprint density at radius 1 is 1.24 bits per heavy atom. The number of aromatic nitrogens is 2. The number of benzene rings is 1. The van der Waals surface area contributed by atoms with E-state index in [1.165, 1.54) is 12.1 Å². The first-order valence-electron chi connectivity index (χ1n) is 6.91.